The fraction of sp³-hybridized carbons (Fsp3) is 0.600. The molecule has 0 bridgehead atoms. The second kappa shape index (κ2) is 4.55. The van der Waals surface area contributed by atoms with Crippen LogP contribution in [0.25, 0.3) is 0 Å². The average Bonchev–Trinajstić information content (AvgIpc) is 2.65. The fourth-order valence-corrected chi connectivity index (χ4v) is 1.83. The molecule has 0 aromatic carbocycles. The monoisotopic (exact) mass is 207 g/mol. The molecule has 1 aromatic rings. The summed E-state index contributed by atoms with van der Waals surface area (Å²) in [6.07, 6.45) is 4.58. The molecule has 0 fully saturated rings. The van der Waals surface area contributed by atoms with Crippen LogP contribution in [0.3, 0.4) is 0 Å². The SMILES string of the molecule is CCn1ncnc1CC1=CC(N)CNC1. The van der Waals surface area contributed by atoms with Crippen LogP contribution in [0.5, 0.6) is 0 Å². The van der Waals surface area contributed by atoms with Crippen LogP contribution in [0.15, 0.2) is 18.0 Å². The molecule has 0 amide bonds. The summed E-state index contributed by atoms with van der Waals surface area (Å²) < 4.78 is 1.92. The maximum atomic E-state index is 5.84. The van der Waals surface area contributed by atoms with Crippen LogP contribution in [0, 0.1) is 0 Å². The van der Waals surface area contributed by atoms with Crippen LogP contribution in [0.2, 0.25) is 0 Å². The molecule has 82 valence electrons. The Labute approximate surface area is 89.4 Å². The lowest BCUT2D eigenvalue weighted by Crippen LogP contribution is -2.38. The van der Waals surface area contributed by atoms with Gasteiger partial charge in [-0.1, -0.05) is 11.6 Å². The summed E-state index contributed by atoms with van der Waals surface area (Å²) in [6, 6.07) is 0.131. The first-order valence-electron chi connectivity index (χ1n) is 5.32. The Morgan fingerprint density at radius 2 is 2.53 bits per heavy atom. The second-order valence-corrected chi connectivity index (χ2v) is 3.79. The minimum Gasteiger partial charge on any atom is -0.323 e. The summed E-state index contributed by atoms with van der Waals surface area (Å²) in [5.41, 5.74) is 7.15. The van der Waals surface area contributed by atoms with Gasteiger partial charge in [0.05, 0.1) is 0 Å². The molecule has 1 atom stereocenters. The zero-order chi connectivity index (χ0) is 10.7. The molecule has 2 heterocycles. The highest BCUT2D eigenvalue weighted by Crippen LogP contribution is 2.07. The van der Waals surface area contributed by atoms with E-state index in [2.05, 4.69) is 28.4 Å². The van der Waals surface area contributed by atoms with E-state index in [1.807, 2.05) is 4.68 Å². The van der Waals surface area contributed by atoms with Crippen molar-refractivity contribution < 1.29 is 0 Å². The smallest absolute Gasteiger partial charge is 0.138 e. The molecule has 1 aromatic heterocycles. The molecule has 1 aliphatic heterocycles. The molecular formula is C10H17N5. The van der Waals surface area contributed by atoms with E-state index < -0.39 is 0 Å². The van der Waals surface area contributed by atoms with Crippen molar-refractivity contribution in [3.63, 3.8) is 0 Å². The van der Waals surface area contributed by atoms with Gasteiger partial charge in [-0.2, -0.15) is 5.10 Å². The highest BCUT2D eigenvalue weighted by molar-refractivity contribution is 5.16. The van der Waals surface area contributed by atoms with Crippen molar-refractivity contribution >= 4 is 0 Å². The highest BCUT2D eigenvalue weighted by atomic mass is 15.3. The molecule has 5 nitrogen and oxygen atoms in total. The number of rotatable bonds is 3. The third-order valence-corrected chi connectivity index (χ3v) is 2.56. The molecule has 2 rings (SSSR count). The molecule has 0 radical (unpaired) electrons. The molecule has 0 aliphatic carbocycles. The lowest BCUT2D eigenvalue weighted by Gasteiger charge is -2.18. The van der Waals surface area contributed by atoms with E-state index in [4.69, 9.17) is 5.73 Å². The summed E-state index contributed by atoms with van der Waals surface area (Å²) in [7, 11) is 0. The van der Waals surface area contributed by atoms with Gasteiger partial charge in [-0.05, 0) is 6.92 Å². The Morgan fingerprint density at radius 3 is 3.27 bits per heavy atom. The van der Waals surface area contributed by atoms with Gasteiger partial charge < -0.3 is 11.1 Å². The summed E-state index contributed by atoms with van der Waals surface area (Å²) in [5.74, 6) is 1.01. The van der Waals surface area contributed by atoms with Crippen LogP contribution in [-0.4, -0.2) is 33.9 Å². The number of hydrogen-bond donors (Lipinski definition) is 2. The van der Waals surface area contributed by atoms with Gasteiger partial charge in [-0.3, -0.25) is 4.68 Å². The van der Waals surface area contributed by atoms with Crippen LogP contribution >= 0.6 is 0 Å². The van der Waals surface area contributed by atoms with Gasteiger partial charge in [0.2, 0.25) is 0 Å². The first kappa shape index (κ1) is 10.3. The minimum absolute atomic E-state index is 0.131. The topological polar surface area (TPSA) is 68.8 Å². The Morgan fingerprint density at radius 1 is 1.67 bits per heavy atom. The molecule has 3 N–H and O–H groups in total. The molecular weight excluding hydrogens is 190 g/mol. The largest absolute Gasteiger partial charge is 0.323 e. The van der Waals surface area contributed by atoms with E-state index in [1.54, 1.807) is 6.33 Å². The quantitative estimate of drug-likeness (QED) is 0.668. The Kier molecular flexibility index (Phi) is 3.13. The molecule has 0 spiro atoms. The number of aromatic nitrogens is 3. The first-order valence-corrected chi connectivity index (χ1v) is 5.32. The Hall–Kier alpha value is -1.20. The third-order valence-electron chi connectivity index (χ3n) is 2.56. The maximum Gasteiger partial charge on any atom is 0.138 e. The van der Waals surface area contributed by atoms with Crippen molar-refractivity contribution in [2.75, 3.05) is 13.1 Å². The van der Waals surface area contributed by atoms with Crippen molar-refractivity contribution in [2.45, 2.75) is 25.9 Å². The van der Waals surface area contributed by atoms with E-state index in [-0.39, 0.29) is 6.04 Å². The van der Waals surface area contributed by atoms with Gasteiger partial charge in [-0.25, -0.2) is 4.98 Å². The van der Waals surface area contributed by atoms with E-state index in [0.717, 1.165) is 31.9 Å². The Balaban J connectivity index is 2.08. The van der Waals surface area contributed by atoms with E-state index in [0.29, 0.717) is 0 Å². The molecule has 0 saturated heterocycles. The number of nitrogens with one attached hydrogen (secondary N) is 1. The molecule has 15 heavy (non-hydrogen) atoms. The zero-order valence-electron chi connectivity index (χ0n) is 8.98. The van der Waals surface area contributed by atoms with Crippen molar-refractivity contribution in [2.24, 2.45) is 5.73 Å². The zero-order valence-corrected chi connectivity index (χ0v) is 8.98. The van der Waals surface area contributed by atoms with Gasteiger partial charge in [0, 0.05) is 32.1 Å². The standard InChI is InChI=1S/C10H17N5/c1-2-15-10(13-7-14-15)4-8-3-9(11)6-12-5-8/h3,7,9,12H,2,4-6,11H2,1H3. The van der Waals surface area contributed by atoms with Crippen LogP contribution in [0.1, 0.15) is 12.7 Å². The van der Waals surface area contributed by atoms with E-state index in [9.17, 15) is 0 Å². The minimum atomic E-state index is 0.131. The van der Waals surface area contributed by atoms with Crippen LogP contribution in [-0.2, 0) is 13.0 Å². The lowest BCUT2D eigenvalue weighted by molar-refractivity contribution is 0.596. The van der Waals surface area contributed by atoms with E-state index >= 15 is 0 Å². The predicted molar refractivity (Wildman–Crippen MR) is 58.3 cm³/mol. The third kappa shape index (κ3) is 2.43. The van der Waals surface area contributed by atoms with Gasteiger partial charge in [-0.15, -0.1) is 0 Å². The predicted octanol–water partition coefficient (Wildman–Crippen LogP) is -0.303. The van der Waals surface area contributed by atoms with Crippen molar-refractivity contribution in [1.82, 2.24) is 20.1 Å². The summed E-state index contributed by atoms with van der Waals surface area (Å²) in [4.78, 5) is 4.25. The number of nitrogens with two attached hydrogens (primary N) is 1. The number of hydrogen-bond acceptors (Lipinski definition) is 4. The van der Waals surface area contributed by atoms with Gasteiger partial charge in [0.1, 0.15) is 12.2 Å². The average molecular weight is 207 g/mol. The van der Waals surface area contributed by atoms with Crippen molar-refractivity contribution in [3.8, 4) is 0 Å². The summed E-state index contributed by atoms with van der Waals surface area (Å²) >= 11 is 0. The van der Waals surface area contributed by atoms with E-state index in [1.165, 1.54) is 5.57 Å². The number of nitrogens with zero attached hydrogens (tertiary/aromatic N) is 3. The van der Waals surface area contributed by atoms with Gasteiger partial charge >= 0.3 is 0 Å². The Bertz CT molecular complexity index is 354. The van der Waals surface area contributed by atoms with Crippen LogP contribution in [0.4, 0.5) is 0 Å². The lowest BCUT2D eigenvalue weighted by atomic mass is 10.1. The van der Waals surface area contributed by atoms with Crippen LogP contribution < -0.4 is 11.1 Å². The highest BCUT2D eigenvalue weighted by Gasteiger charge is 2.11. The van der Waals surface area contributed by atoms with Crippen molar-refractivity contribution in [3.05, 3.63) is 23.8 Å². The number of aryl methyl sites for hydroxylation is 1. The molecule has 1 aliphatic rings. The van der Waals surface area contributed by atoms with Gasteiger partial charge in [0.15, 0.2) is 0 Å². The summed E-state index contributed by atoms with van der Waals surface area (Å²) in [5, 5.41) is 7.43. The first-order chi connectivity index (χ1) is 7.29. The maximum absolute atomic E-state index is 5.84. The molecule has 5 heteroatoms. The molecule has 1 unspecified atom stereocenters. The summed E-state index contributed by atoms with van der Waals surface area (Å²) in [6.45, 7) is 4.70. The van der Waals surface area contributed by atoms with Gasteiger partial charge in [0.25, 0.3) is 0 Å². The fourth-order valence-electron chi connectivity index (χ4n) is 1.83. The molecule has 0 saturated carbocycles. The second-order valence-electron chi connectivity index (χ2n) is 3.79. The van der Waals surface area contributed by atoms with Crippen molar-refractivity contribution in [1.29, 1.82) is 0 Å². The normalized spacial score (nSPS) is 21.5.